The van der Waals surface area contributed by atoms with E-state index in [1.54, 1.807) is 18.2 Å². The highest BCUT2D eigenvalue weighted by molar-refractivity contribution is 6.33. The van der Waals surface area contributed by atoms with Gasteiger partial charge in [0, 0.05) is 6.61 Å². The number of tetrazole rings is 1. The molecule has 0 bridgehead atoms. The SMILES string of the molecule is CC(C)COCCC(=O)Nc1cc(-n2cnnn2)ccc1Cl. The summed E-state index contributed by atoms with van der Waals surface area (Å²) in [7, 11) is 0. The summed E-state index contributed by atoms with van der Waals surface area (Å²) >= 11 is 6.10. The number of rotatable bonds is 7. The summed E-state index contributed by atoms with van der Waals surface area (Å²) in [4.78, 5) is 11.9. The summed E-state index contributed by atoms with van der Waals surface area (Å²) in [5.41, 5.74) is 1.23. The number of carbonyl (C=O) groups excluding carboxylic acids is 1. The molecule has 0 aliphatic rings. The molecule has 1 amide bonds. The van der Waals surface area contributed by atoms with Crippen molar-refractivity contribution >= 4 is 23.2 Å². The Labute approximate surface area is 133 Å². The first-order chi connectivity index (χ1) is 10.6. The Hall–Kier alpha value is -1.99. The fraction of sp³-hybridized carbons (Fsp3) is 0.429. The molecule has 0 radical (unpaired) electrons. The van der Waals surface area contributed by atoms with Crippen molar-refractivity contribution in [1.29, 1.82) is 0 Å². The molecule has 7 nitrogen and oxygen atoms in total. The van der Waals surface area contributed by atoms with Gasteiger partial charge in [-0.2, -0.15) is 0 Å². The molecule has 0 fully saturated rings. The quantitative estimate of drug-likeness (QED) is 0.791. The van der Waals surface area contributed by atoms with E-state index in [9.17, 15) is 4.79 Å². The predicted molar refractivity (Wildman–Crippen MR) is 83.1 cm³/mol. The van der Waals surface area contributed by atoms with Crippen LogP contribution >= 0.6 is 11.6 Å². The van der Waals surface area contributed by atoms with Crippen LogP contribution in [0.5, 0.6) is 0 Å². The minimum absolute atomic E-state index is 0.153. The maximum absolute atomic E-state index is 11.9. The number of anilines is 1. The van der Waals surface area contributed by atoms with E-state index in [-0.39, 0.29) is 12.3 Å². The van der Waals surface area contributed by atoms with Crippen LogP contribution < -0.4 is 5.32 Å². The molecule has 0 spiro atoms. The fourth-order valence-electron chi connectivity index (χ4n) is 1.73. The largest absolute Gasteiger partial charge is 0.381 e. The number of amides is 1. The third-order valence-corrected chi connectivity index (χ3v) is 3.09. The highest BCUT2D eigenvalue weighted by atomic mass is 35.5. The van der Waals surface area contributed by atoms with Gasteiger partial charge in [-0.15, -0.1) is 5.10 Å². The summed E-state index contributed by atoms with van der Waals surface area (Å²) in [6.45, 7) is 5.14. The average molecular weight is 324 g/mol. The van der Waals surface area contributed by atoms with E-state index in [2.05, 4.69) is 34.7 Å². The third kappa shape index (κ3) is 4.78. The molecular weight excluding hydrogens is 306 g/mol. The van der Waals surface area contributed by atoms with Crippen LogP contribution in [0.4, 0.5) is 5.69 Å². The monoisotopic (exact) mass is 323 g/mol. The average Bonchev–Trinajstić information content (AvgIpc) is 3.00. The van der Waals surface area contributed by atoms with Crippen molar-refractivity contribution in [3.63, 3.8) is 0 Å². The smallest absolute Gasteiger partial charge is 0.226 e. The molecule has 8 heteroatoms. The fourth-order valence-corrected chi connectivity index (χ4v) is 1.89. The van der Waals surface area contributed by atoms with Gasteiger partial charge in [-0.05, 0) is 34.5 Å². The molecule has 0 aliphatic heterocycles. The first-order valence-corrected chi connectivity index (χ1v) is 7.34. The minimum atomic E-state index is -0.153. The van der Waals surface area contributed by atoms with Gasteiger partial charge >= 0.3 is 0 Å². The van der Waals surface area contributed by atoms with Crippen LogP contribution in [0.1, 0.15) is 20.3 Å². The Kier molecular flexibility index (Phi) is 5.85. The van der Waals surface area contributed by atoms with Gasteiger partial charge < -0.3 is 10.1 Å². The van der Waals surface area contributed by atoms with Crippen molar-refractivity contribution in [1.82, 2.24) is 20.2 Å². The Morgan fingerprint density at radius 3 is 2.95 bits per heavy atom. The molecule has 1 heterocycles. The molecule has 2 rings (SSSR count). The normalized spacial score (nSPS) is 10.9. The zero-order valence-electron chi connectivity index (χ0n) is 12.5. The molecule has 1 N–H and O–H groups in total. The van der Waals surface area contributed by atoms with Crippen molar-refractivity contribution < 1.29 is 9.53 Å². The molecule has 1 aromatic carbocycles. The van der Waals surface area contributed by atoms with E-state index < -0.39 is 0 Å². The number of carbonyl (C=O) groups is 1. The Morgan fingerprint density at radius 2 is 2.27 bits per heavy atom. The summed E-state index contributed by atoms with van der Waals surface area (Å²) < 4.78 is 6.88. The van der Waals surface area contributed by atoms with Crippen LogP contribution in [-0.2, 0) is 9.53 Å². The lowest BCUT2D eigenvalue weighted by Gasteiger charge is -2.10. The Balaban J connectivity index is 1.94. The lowest BCUT2D eigenvalue weighted by atomic mass is 10.2. The second-order valence-corrected chi connectivity index (χ2v) is 5.59. The Morgan fingerprint density at radius 1 is 1.45 bits per heavy atom. The molecule has 0 atom stereocenters. The van der Waals surface area contributed by atoms with Crippen molar-refractivity contribution in [2.24, 2.45) is 5.92 Å². The molecule has 22 heavy (non-hydrogen) atoms. The van der Waals surface area contributed by atoms with Crippen LogP contribution in [0.15, 0.2) is 24.5 Å². The molecule has 0 unspecified atom stereocenters. The summed E-state index contributed by atoms with van der Waals surface area (Å²) in [6.07, 6.45) is 1.74. The maximum Gasteiger partial charge on any atom is 0.226 e. The van der Waals surface area contributed by atoms with E-state index in [4.69, 9.17) is 16.3 Å². The van der Waals surface area contributed by atoms with Crippen molar-refractivity contribution in [3.8, 4) is 5.69 Å². The number of hydrogen-bond acceptors (Lipinski definition) is 5. The number of halogens is 1. The highest BCUT2D eigenvalue weighted by Gasteiger charge is 2.08. The van der Waals surface area contributed by atoms with Gasteiger partial charge in [-0.3, -0.25) is 4.79 Å². The molecule has 0 saturated carbocycles. The lowest BCUT2D eigenvalue weighted by Crippen LogP contribution is -2.15. The molecule has 1 aromatic heterocycles. The van der Waals surface area contributed by atoms with Crippen LogP contribution in [0.3, 0.4) is 0 Å². The third-order valence-electron chi connectivity index (χ3n) is 2.76. The van der Waals surface area contributed by atoms with Gasteiger partial charge in [-0.25, -0.2) is 4.68 Å². The van der Waals surface area contributed by atoms with Crippen molar-refractivity contribution in [2.45, 2.75) is 20.3 Å². The van der Waals surface area contributed by atoms with Crippen LogP contribution in [-0.4, -0.2) is 39.3 Å². The molecular formula is C14H18ClN5O2. The van der Waals surface area contributed by atoms with Gasteiger partial charge in [0.25, 0.3) is 0 Å². The summed E-state index contributed by atoms with van der Waals surface area (Å²) in [5.74, 6) is 0.296. The summed E-state index contributed by atoms with van der Waals surface area (Å²) in [5, 5.41) is 14.2. The number of benzene rings is 1. The van der Waals surface area contributed by atoms with E-state index in [1.807, 2.05) is 0 Å². The van der Waals surface area contributed by atoms with Gasteiger partial charge in [-0.1, -0.05) is 25.4 Å². The van der Waals surface area contributed by atoms with Gasteiger partial charge in [0.15, 0.2) is 0 Å². The minimum Gasteiger partial charge on any atom is -0.381 e. The highest BCUT2D eigenvalue weighted by Crippen LogP contribution is 2.24. The molecule has 0 saturated heterocycles. The number of nitrogens with one attached hydrogen (secondary N) is 1. The van der Waals surface area contributed by atoms with Crippen molar-refractivity contribution in [2.75, 3.05) is 18.5 Å². The maximum atomic E-state index is 11.9. The van der Waals surface area contributed by atoms with Crippen LogP contribution in [0.25, 0.3) is 5.69 Å². The second-order valence-electron chi connectivity index (χ2n) is 5.19. The lowest BCUT2D eigenvalue weighted by molar-refractivity contribution is -0.117. The summed E-state index contributed by atoms with van der Waals surface area (Å²) in [6, 6.07) is 5.16. The molecule has 2 aromatic rings. The van der Waals surface area contributed by atoms with Gasteiger partial charge in [0.1, 0.15) is 6.33 Å². The first-order valence-electron chi connectivity index (χ1n) is 6.96. The van der Waals surface area contributed by atoms with E-state index in [1.165, 1.54) is 11.0 Å². The van der Waals surface area contributed by atoms with Gasteiger partial charge in [0.2, 0.25) is 5.91 Å². The zero-order chi connectivity index (χ0) is 15.9. The van der Waals surface area contributed by atoms with Crippen LogP contribution in [0, 0.1) is 5.92 Å². The number of nitrogens with zero attached hydrogens (tertiary/aromatic N) is 4. The van der Waals surface area contributed by atoms with E-state index >= 15 is 0 Å². The number of hydrogen-bond donors (Lipinski definition) is 1. The first kappa shape index (κ1) is 16.4. The van der Waals surface area contributed by atoms with E-state index in [0.717, 1.165) is 0 Å². The molecule has 0 aliphatic carbocycles. The van der Waals surface area contributed by atoms with Gasteiger partial charge in [0.05, 0.1) is 29.4 Å². The standard InChI is InChI=1S/C14H18ClN5O2/c1-10(2)8-22-6-5-14(21)17-13-7-11(3-4-12(13)15)20-9-16-18-19-20/h3-4,7,9-10H,5-6,8H2,1-2H3,(H,17,21). The Bertz CT molecular complexity index is 616. The number of ether oxygens (including phenoxy) is 1. The molecule has 118 valence electrons. The number of aromatic nitrogens is 4. The second kappa shape index (κ2) is 7.86. The topological polar surface area (TPSA) is 81.9 Å². The zero-order valence-corrected chi connectivity index (χ0v) is 13.2. The van der Waals surface area contributed by atoms with Crippen LogP contribution in [0.2, 0.25) is 5.02 Å². The van der Waals surface area contributed by atoms with E-state index in [0.29, 0.717) is 35.5 Å². The van der Waals surface area contributed by atoms with Crippen molar-refractivity contribution in [3.05, 3.63) is 29.5 Å². The predicted octanol–water partition coefficient (Wildman–Crippen LogP) is 2.32.